The Morgan fingerprint density at radius 2 is 1.76 bits per heavy atom. The summed E-state index contributed by atoms with van der Waals surface area (Å²) >= 11 is 3.23. The first-order valence-corrected chi connectivity index (χ1v) is 13.7. The molecule has 1 N–H and O–H groups in total. The van der Waals surface area contributed by atoms with Crippen molar-refractivity contribution in [1.29, 1.82) is 0 Å². The van der Waals surface area contributed by atoms with Crippen LogP contribution in [-0.2, 0) is 24.3 Å². The van der Waals surface area contributed by atoms with Crippen LogP contribution >= 0.6 is 35.1 Å². The van der Waals surface area contributed by atoms with Crippen molar-refractivity contribution in [2.45, 2.75) is 19.5 Å². The van der Waals surface area contributed by atoms with Gasteiger partial charge in [-0.25, -0.2) is 9.37 Å². The Kier molecular flexibility index (Phi) is 8.04. The molecule has 0 unspecified atom stereocenters. The third-order valence-electron chi connectivity index (χ3n) is 6.34. The molecule has 0 saturated carbocycles. The number of carbonyl (C=O) groups excluding carboxylic acids is 1. The van der Waals surface area contributed by atoms with E-state index >= 15 is 0 Å². The highest BCUT2D eigenvalue weighted by Crippen LogP contribution is 2.45. The van der Waals surface area contributed by atoms with Crippen LogP contribution in [0.25, 0.3) is 20.8 Å². The third kappa shape index (κ3) is 5.59. The van der Waals surface area contributed by atoms with Crippen molar-refractivity contribution in [2.75, 3.05) is 18.5 Å². The number of ether oxygens (including phenoxy) is 1. The molecule has 194 valence electrons. The number of amides is 1. The monoisotopic (exact) mass is 565 g/mol. The Hall–Kier alpha value is -3.30. The minimum atomic E-state index is -0.490. The molecule has 5 aromatic rings. The van der Waals surface area contributed by atoms with Crippen LogP contribution < -0.4 is 10.1 Å². The number of carbonyl (C=O) groups is 1. The van der Waals surface area contributed by atoms with E-state index in [9.17, 15) is 9.18 Å². The van der Waals surface area contributed by atoms with Crippen LogP contribution in [0.4, 0.5) is 9.39 Å². The van der Waals surface area contributed by atoms with Gasteiger partial charge in [0.2, 0.25) is 0 Å². The first-order chi connectivity index (χ1) is 18.1. The summed E-state index contributed by atoms with van der Waals surface area (Å²) in [4.78, 5) is 21.5. The number of benzene rings is 3. The second-order valence-electron chi connectivity index (χ2n) is 8.91. The lowest BCUT2D eigenvalue weighted by Gasteiger charge is -2.27. The molecule has 0 radical (unpaired) electrons. The Bertz CT molecular complexity index is 1540. The maximum absolute atomic E-state index is 13.9. The average molecular weight is 566 g/mol. The molecule has 3 aromatic carbocycles. The summed E-state index contributed by atoms with van der Waals surface area (Å²) in [7, 11) is 0. The molecule has 2 aromatic heterocycles. The number of para-hydroxylation sites is 2. The molecule has 1 amide bonds. The summed E-state index contributed by atoms with van der Waals surface area (Å²) in [5.74, 6) is -0.757. The van der Waals surface area contributed by atoms with E-state index in [1.807, 2.05) is 24.3 Å². The second-order valence-corrected chi connectivity index (χ2v) is 11.0. The molecule has 0 aliphatic carbocycles. The highest BCUT2D eigenvalue weighted by atomic mass is 35.5. The number of aromatic nitrogens is 1. The quantitative estimate of drug-likeness (QED) is 0.227. The Labute approximate surface area is 234 Å². The lowest BCUT2D eigenvalue weighted by atomic mass is 10.0. The van der Waals surface area contributed by atoms with Gasteiger partial charge in [-0.1, -0.05) is 54.6 Å². The average Bonchev–Trinajstić information content (AvgIpc) is 3.49. The molecule has 0 bridgehead atoms. The molecule has 9 heteroatoms. The van der Waals surface area contributed by atoms with Crippen molar-refractivity contribution in [3.63, 3.8) is 0 Å². The summed E-state index contributed by atoms with van der Waals surface area (Å²) in [6.45, 7) is 2.35. The first kappa shape index (κ1) is 26.3. The largest absolute Gasteiger partial charge is 0.481 e. The van der Waals surface area contributed by atoms with Crippen LogP contribution in [0, 0.1) is 5.82 Å². The van der Waals surface area contributed by atoms with Crippen molar-refractivity contribution < 1.29 is 13.9 Å². The standard InChI is InChI=1S/C29H24FN3O2S2.ClH/c30-21-10-4-6-12-23(21)35-18-26(34)32-29-27(28-31-22-11-5-7-13-24(22)36-28)20-14-15-33(17-25(20)37-29)16-19-8-2-1-3-9-19;/h1-13H,14-18H2,(H,32,34);1H. The van der Waals surface area contributed by atoms with Gasteiger partial charge in [0.1, 0.15) is 10.0 Å². The number of nitrogens with zero attached hydrogens (tertiary/aromatic N) is 2. The fourth-order valence-corrected chi connectivity index (χ4v) is 7.01. The molecule has 0 saturated heterocycles. The lowest BCUT2D eigenvalue weighted by Crippen LogP contribution is -2.29. The molecule has 1 aliphatic heterocycles. The minimum Gasteiger partial charge on any atom is -0.481 e. The van der Waals surface area contributed by atoms with Crippen molar-refractivity contribution in [3.8, 4) is 16.3 Å². The van der Waals surface area contributed by atoms with Crippen molar-refractivity contribution in [1.82, 2.24) is 9.88 Å². The fraction of sp³-hybridized carbons (Fsp3) is 0.172. The van der Waals surface area contributed by atoms with Gasteiger partial charge in [-0.3, -0.25) is 9.69 Å². The molecule has 5 nitrogen and oxygen atoms in total. The zero-order valence-electron chi connectivity index (χ0n) is 20.4. The van der Waals surface area contributed by atoms with Gasteiger partial charge in [-0.15, -0.1) is 35.1 Å². The van der Waals surface area contributed by atoms with Gasteiger partial charge in [0.15, 0.2) is 18.2 Å². The first-order valence-electron chi connectivity index (χ1n) is 12.1. The van der Waals surface area contributed by atoms with Gasteiger partial charge in [0.05, 0.1) is 10.2 Å². The highest BCUT2D eigenvalue weighted by Gasteiger charge is 2.28. The number of hydrogen-bond acceptors (Lipinski definition) is 6. The Balaban J connectivity index is 0.00000294. The third-order valence-corrected chi connectivity index (χ3v) is 8.53. The van der Waals surface area contributed by atoms with E-state index in [1.165, 1.54) is 28.1 Å². The molecule has 3 heterocycles. The van der Waals surface area contributed by atoms with E-state index in [0.29, 0.717) is 0 Å². The second kappa shape index (κ2) is 11.6. The van der Waals surface area contributed by atoms with E-state index in [4.69, 9.17) is 9.72 Å². The van der Waals surface area contributed by atoms with E-state index in [1.54, 1.807) is 34.8 Å². The Morgan fingerprint density at radius 1 is 1.00 bits per heavy atom. The molecule has 1 aliphatic rings. The summed E-state index contributed by atoms with van der Waals surface area (Å²) in [5.41, 5.74) is 4.48. The van der Waals surface area contributed by atoms with E-state index in [-0.39, 0.29) is 30.7 Å². The van der Waals surface area contributed by atoms with Crippen LogP contribution in [0.2, 0.25) is 0 Å². The Morgan fingerprint density at radius 3 is 2.58 bits per heavy atom. The van der Waals surface area contributed by atoms with E-state index in [2.05, 4.69) is 40.5 Å². The number of fused-ring (bicyclic) bond motifs is 2. The predicted molar refractivity (Wildman–Crippen MR) is 155 cm³/mol. The molecule has 0 fully saturated rings. The maximum atomic E-state index is 13.9. The fourth-order valence-electron chi connectivity index (χ4n) is 4.59. The molecular formula is C29H25ClFN3O2S2. The number of anilines is 1. The summed E-state index contributed by atoms with van der Waals surface area (Å²) in [6, 6.07) is 24.6. The molecule has 0 spiro atoms. The molecule has 0 atom stereocenters. The van der Waals surface area contributed by atoms with Gasteiger partial charge in [-0.05, 0) is 41.8 Å². The topological polar surface area (TPSA) is 54.5 Å². The number of hydrogen-bond donors (Lipinski definition) is 1. The SMILES string of the molecule is Cl.O=C(COc1ccccc1F)Nc1sc2c(c1-c1nc3ccccc3s1)CCN(Cc1ccccc1)C2. The van der Waals surface area contributed by atoms with Crippen molar-refractivity contribution in [2.24, 2.45) is 0 Å². The maximum Gasteiger partial charge on any atom is 0.262 e. The van der Waals surface area contributed by atoms with Gasteiger partial charge < -0.3 is 10.1 Å². The number of rotatable bonds is 7. The van der Waals surface area contributed by atoms with Crippen LogP contribution in [0.3, 0.4) is 0 Å². The zero-order valence-corrected chi connectivity index (χ0v) is 22.8. The molecular weight excluding hydrogens is 541 g/mol. The number of thiazole rings is 1. The van der Waals surface area contributed by atoms with Crippen molar-refractivity contribution in [3.05, 3.63) is 101 Å². The van der Waals surface area contributed by atoms with Crippen LogP contribution in [0.5, 0.6) is 5.75 Å². The lowest BCUT2D eigenvalue weighted by molar-refractivity contribution is -0.118. The van der Waals surface area contributed by atoms with Crippen LogP contribution in [-0.4, -0.2) is 28.9 Å². The van der Waals surface area contributed by atoms with Gasteiger partial charge >= 0.3 is 0 Å². The minimum absolute atomic E-state index is 0. The number of thiophene rings is 1. The van der Waals surface area contributed by atoms with Crippen LogP contribution in [0.1, 0.15) is 16.0 Å². The zero-order chi connectivity index (χ0) is 25.2. The van der Waals surface area contributed by atoms with Gasteiger partial charge in [-0.2, -0.15) is 0 Å². The van der Waals surface area contributed by atoms with E-state index < -0.39 is 5.82 Å². The van der Waals surface area contributed by atoms with E-state index in [0.717, 1.165) is 51.8 Å². The molecule has 38 heavy (non-hydrogen) atoms. The number of nitrogens with one attached hydrogen (secondary N) is 1. The summed E-state index contributed by atoms with van der Waals surface area (Å²) < 4.78 is 20.5. The summed E-state index contributed by atoms with van der Waals surface area (Å²) in [5, 5.41) is 4.72. The summed E-state index contributed by atoms with van der Waals surface area (Å²) in [6.07, 6.45) is 0.880. The normalized spacial score (nSPS) is 13.1. The van der Waals surface area contributed by atoms with Crippen molar-refractivity contribution >= 4 is 56.2 Å². The van der Waals surface area contributed by atoms with Gasteiger partial charge in [0, 0.05) is 30.1 Å². The highest BCUT2D eigenvalue weighted by molar-refractivity contribution is 7.22. The number of halogens is 2. The smallest absolute Gasteiger partial charge is 0.262 e. The molecule has 6 rings (SSSR count). The predicted octanol–water partition coefficient (Wildman–Crippen LogP) is 7.16. The van der Waals surface area contributed by atoms with Gasteiger partial charge in [0.25, 0.3) is 5.91 Å². The van der Waals surface area contributed by atoms with Crippen LogP contribution in [0.15, 0.2) is 78.9 Å².